The van der Waals surface area contributed by atoms with Crippen LogP contribution < -0.4 is 16.0 Å². The van der Waals surface area contributed by atoms with Crippen LogP contribution in [0.5, 0.6) is 0 Å². The van der Waals surface area contributed by atoms with Gasteiger partial charge in [-0.05, 0) is 39.0 Å². The zero-order valence-corrected chi connectivity index (χ0v) is 14.2. The van der Waals surface area contributed by atoms with Gasteiger partial charge in [-0.1, -0.05) is 11.6 Å². The number of nitrogens with one attached hydrogen (secondary N) is 3. The van der Waals surface area contributed by atoms with Crippen LogP contribution in [0, 0.1) is 0 Å². The van der Waals surface area contributed by atoms with Crippen molar-refractivity contribution >= 4 is 40.9 Å². The third kappa shape index (κ3) is 7.51. The van der Waals surface area contributed by atoms with Crippen LogP contribution in [0.4, 0.5) is 16.2 Å². The summed E-state index contributed by atoms with van der Waals surface area (Å²) in [5.74, 6) is -0.676. The van der Waals surface area contributed by atoms with Crippen molar-refractivity contribution in [2.75, 3.05) is 17.2 Å². The quantitative estimate of drug-likeness (QED) is 0.784. The molecule has 0 atom stereocenters. The van der Waals surface area contributed by atoms with E-state index in [0.717, 1.165) is 0 Å². The molecule has 3 N–H and O–H groups in total. The molecule has 126 valence electrons. The number of rotatable bonds is 4. The van der Waals surface area contributed by atoms with Gasteiger partial charge >= 0.3 is 6.09 Å². The highest BCUT2D eigenvalue weighted by Crippen LogP contribution is 2.25. The number of ether oxygens (including phenoxy) is 1. The third-order valence-corrected chi connectivity index (χ3v) is 2.67. The Balaban J connectivity index is 2.54. The monoisotopic (exact) mass is 341 g/mol. The van der Waals surface area contributed by atoms with Crippen molar-refractivity contribution in [2.45, 2.75) is 33.3 Å². The van der Waals surface area contributed by atoms with E-state index in [4.69, 9.17) is 16.3 Å². The lowest BCUT2D eigenvalue weighted by Crippen LogP contribution is -2.37. The lowest BCUT2D eigenvalue weighted by Gasteiger charge is -2.19. The van der Waals surface area contributed by atoms with Gasteiger partial charge in [-0.15, -0.1) is 0 Å². The fourth-order valence-corrected chi connectivity index (χ4v) is 1.79. The van der Waals surface area contributed by atoms with E-state index in [2.05, 4.69) is 16.0 Å². The standard InChI is InChI=1S/C15H20ClN3O4/c1-9(20)18-10-5-6-12(11(16)7-10)19-13(21)8-17-14(22)23-15(2,3)4/h5-7H,8H2,1-4H3,(H,17,22)(H,18,20)(H,19,21). The van der Waals surface area contributed by atoms with E-state index in [1.807, 2.05) is 0 Å². The number of benzene rings is 1. The highest BCUT2D eigenvalue weighted by molar-refractivity contribution is 6.34. The van der Waals surface area contributed by atoms with Gasteiger partial charge in [0, 0.05) is 12.6 Å². The largest absolute Gasteiger partial charge is 0.444 e. The maximum Gasteiger partial charge on any atom is 0.408 e. The van der Waals surface area contributed by atoms with Crippen molar-refractivity contribution in [3.8, 4) is 0 Å². The molecule has 1 aromatic carbocycles. The van der Waals surface area contributed by atoms with Crippen LogP contribution in [-0.4, -0.2) is 30.1 Å². The Kier molecular flexibility index (Phi) is 6.38. The van der Waals surface area contributed by atoms with Crippen molar-refractivity contribution in [2.24, 2.45) is 0 Å². The normalized spacial score (nSPS) is 10.7. The Hall–Kier alpha value is -2.28. The Morgan fingerprint density at radius 3 is 2.35 bits per heavy atom. The molecule has 0 bridgehead atoms. The van der Waals surface area contributed by atoms with E-state index >= 15 is 0 Å². The molecule has 0 radical (unpaired) electrons. The lowest BCUT2D eigenvalue weighted by atomic mass is 10.2. The second-order valence-corrected chi connectivity index (χ2v) is 6.19. The first-order valence-corrected chi connectivity index (χ1v) is 7.28. The van der Waals surface area contributed by atoms with Crippen LogP contribution >= 0.6 is 11.6 Å². The molecule has 1 rings (SSSR count). The van der Waals surface area contributed by atoms with Gasteiger partial charge in [0.25, 0.3) is 0 Å². The predicted octanol–water partition coefficient (Wildman–Crippen LogP) is 2.76. The van der Waals surface area contributed by atoms with Crippen LogP contribution in [0.3, 0.4) is 0 Å². The van der Waals surface area contributed by atoms with E-state index in [9.17, 15) is 14.4 Å². The van der Waals surface area contributed by atoms with Crippen molar-refractivity contribution < 1.29 is 19.1 Å². The maximum atomic E-state index is 11.8. The van der Waals surface area contributed by atoms with Crippen LogP contribution in [0.15, 0.2) is 18.2 Å². The minimum absolute atomic E-state index is 0.223. The number of anilines is 2. The Morgan fingerprint density at radius 2 is 1.83 bits per heavy atom. The second-order valence-electron chi connectivity index (χ2n) is 5.78. The number of carbonyl (C=O) groups is 3. The summed E-state index contributed by atoms with van der Waals surface area (Å²) < 4.78 is 5.02. The average Bonchev–Trinajstić information content (AvgIpc) is 2.37. The summed E-state index contributed by atoms with van der Waals surface area (Å²) in [4.78, 5) is 34.2. The summed E-state index contributed by atoms with van der Waals surface area (Å²) in [6, 6.07) is 4.67. The van der Waals surface area contributed by atoms with Gasteiger partial charge in [0.05, 0.1) is 10.7 Å². The summed E-state index contributed by atoms with van der Waals surface area (Å²) in [6.07, 6.45) is -0.681. The molecule has 0 fully saturated rings. The SMILES string of the molecule is CC(=O)Nc1ccc(NC(=O)CNC(=O)OC(C)(C)C)c(Cl)c1. The molecule has 0 unspecified atom stereocenters. The highest BCUT2D eigenvalue weighted by Gasteiger charge is 2.16. The van der Waals surface area contributed by atoms with Crippen molar-refractivity contribution in [3.63, 3.8) is 0 Å². The molecule has 0 heterocycles. The van der Waals surface area contributed by atoms with Gasteiger partial charge in [0.2, 0.25) is 11.8 Å². The van der Waals surface area contributed by atoms with E-state index in [0.29, 0.717) is 11.4 Å². The summed E-state index contributed by atoms with van der Waals surface area (Å²) in [5, 5.41) is 7.74. The number of carbonyl (C=O) groups excluding carboxylic acids is 3. The van der Waals surface area contributed by atoms with Gasteiger partial charge in [-0.3, -0.25) is 9.59 Å². The Morgan fingerprint density at radius 1 is 1.17 bits per heavy atom. The average molecular weight is 342 g/mol. The fraction of sp³-hybridized carbons (Fsp3) is 0.400. The molecule has 0 saturated carbocycles. The summed E-state index contributed by atoms with van der Waals surface area (Å²) in [7, 11) is 0. The number of halogens is 1. The zero-order chi connectivity index (χ0) is 17.6. The van der Waals surface area contributed by atoms with E-state index in [-0.39, 0.29) is 17.5 Å². The van der Waals surface area contributed by atoms with Gasteiger partial charge < -0.3 is 20.7 Å². The number of hydrogen-bond donors (Lipinski definition) is 3. The summed E-state index contributed by atoms with van der Waals surface area (Å²) in [6.45, 7) is 6.31. The first kappa shape index (κ1) is 18.8. The van der Waals surface area contributed by atoms with Gasteiger partial charge in [0.1, 0.15) is 12.1 Å². The second kappa shape index (κ2) is 7.82. The van der Waals surface area contributed by atoms with E-state index in [1.165, 1.54) is 13.0 Å². The molecule has 0 aliphatic heterocycles. The first-order valence-electron chi connectivity index (χ1n) is 6.90. The summed E-state index contributed by atoms with van der Waals surface area (Å²) >= 11 is 6.03. The van der Waals surface area contributed by atoms with Gasteiger partial charge in [-0.2, -0.15) is 0 Å². The number of amides is 3. The maximum absolute atomic E-state index is 11.8. The van der Waals surface area contributed by atoms with E-state index in [1.54, 1.807) is 32.9 Å². The molecular weight excluding hydrogens is 322 g/mol. The van der Waals surface area contributed by atoms with Crippen LogP contribution in [0.1, 0.15) is 27.7 Å². The molecule has 7 nitrogen and oxygen atoms in total. The van der Waals surface area contributed by atoms with Crippen molar-refractivity contribution in [1.29, 1.82) is 0 Å². The Bertz CT molecular complexity index is 611. The molecule has 0 aliphatic rings. The molecular formula is C15H20ClN3O4. The minimum Gasteiger partial charge on any atom is -0.444 e. The lowest BCUT2D eigenvalue weighted by molar-refractivity contribution is -0.115. The molecule has 1 aromatic rings. The molecule has 23 heavy (non-hydrogen) atoms. The Labute approximate surface area is 139 Å². The smallest absolute Gasteiger partial charge is 0.408 e. The molecule has 0 aliphatic carbocycles. The van der Waals surface area contributed by atoms with Crippen molar-refractivity contribution in [3.05, 3.63) is 23.2 Å². The summed E-state index contributed by atoms with van der Waals surface area (Å²) in [5.41, 5.74) is 0.257. The zero-order valence-electron chi connectivity index (χ0n) is 13.5. The minimum atomic E-state index is -0.681. The predicted molar refractivity (Wildman–Crippen MR) is 88.6 cm³/mol. The fourth-order valence-electron chi connectivity index (χ4n) is 1.56. The number of alkyl carbamates (subject to hydrolysis) is 1. The third-order valence-electron chi connectivity index (χ3n) is 2.36. The van der Waals surface area contributed by atoms with Crippen LogP contribution in [0.25, 0.3) is 0 Å². The molecule has 0 saturated heterocycles. The van der Waals surface area contributed by atoms with E-state index < -0.39 is 17.6 Å². The molecule has 0 spiro atoms. The first-order chi connectivity index (χ1) is 10.6. The molecule has 8 heteroatoms. The van der Waals surface area contributed by atoms with Crippen molar-refractivity contribution in [1.82, 2.24) is 5.32 Å². The molecule has 0 aromatic heterocycles. The molecule has 3 amide bonds. The highest BCUT2D eigenvalue weighted by atomic mass is 35.5. The van der Waals surface area contributed by atoms with Gasteiger partial charge in [0.15, 0.2) is 0 Å². The number of hydrogen-bond acceptors (Lipinski definition) is 4. The van der Waals surface area contributed by atoms with Crippen LogP contribution in [-0.2, 0) is 14.3 Å². The van der Waals surface area contributed by atoms with Gasteiger partial charge in [-0.25, -0.2) is 4.79 Å². The topological polar surface area (TPSA) is 96.5 Å². The van der Waals surface area contributed by atoms with Crippen LogP contribution in [0.2, 0.25) is 5.02 Å².